The van der Waals surface area contributed by atoms with Crippen molar-refractivity contribution in [3.05, 3.63) is 16.1 Å². The molecule has 1 aromatic heterocycles. The van der Waals surface area contributed by atoms with E-state index in [1.165, 1.54) is 49.7 Å². The summed E-state index contributed by atoms with van der Waals surface area (Å²) < 4.78 is 0. The second-order valence-corrected chi connectivity index (χ2v) is 6.28. The Bertz CT molecular complexity index is 392. The lowest BCUT2D eigenvalue weighted by atomic mass is 10.1. The molecule has 3 heterocycles. The van der Waals surface area contributed by atoms with Crippen LogP contribution in [0.2, 0.25) is 0 Å². The van der Waals surface area contributed by atoms with E-state index in [4.69, 9.17) is 5.73 Å². The number of rotatable bonds is 4. The van der Waals surface area contributed by atoms with Crippen LogP contribution in [0.4, 0.5) is 0 Å². The molecular weight excluding hydrogens is 244 g/mol. The lowest BCUT2D eigenvalue weighted by Gasteiger charge is -2.37. The van der Waals surface area contributed by atoms with Gasteiger partial charge in [0.2, 0.25) is 0 Å². The standard InChI is InChI=1S/C13H22N4S/c14-4-3-13-15-11(10-18-13)8-16-6-7-17-5-1-2-12(17)9-16/h10,12H,1-9,14H2. The van der Waals surface area contributed by atoms with Gasteiger partial charge in [0.15, 0.2) is 0 Å². The van der Waals surface area contributed by atoms with E-state index in [-0.39, 0.29) is 0 Å². The molecule has 0 aliphatic carbocycles. The molecule has 2 aliphatic rings. The number of hydrogen-bond acceptors (Lipinski definition) is 5. The van der Waals surface area contributed by atoms with Gasteiger partial charge in [-0.2, -0.15) is 0 Å². The molecule has 1 aromatic rings. The van der Waals surface area contributed by atoms with Crippen molar-refractivity contribution < 1.29 is 0 Å². The molecule has 2 N–H and O–H groups in total. The van der Waals surface area contributed by atoms with Gasteiger partial charge >= 0.3 is 0 Å². The summed E-state index contributed by atoms with van der Waals surface area (Å²) in [5, 5.41) is 3.39. The first kappa shape index (κ1) is 12.5. The van der Waals surface area contributed by atoms with Gasteiger partial charge in [-0.1, -0.05) is 0 Å². The molecule has 0 saturated carbocycles. The van der Waals surface area contributed by atoms with Crippen molar-refractivity contribution in [3.8, 4) is 0 Å². The fraction of sp³-hybridized carbons (Fsp3) is 0.769. The first-order valence-electron chi connectivity index (χ1n) is 6.95. The quantitative estimate of drug-likeness (QED) is 0.880. The van der Waals surface area contributed by atoms with E-state index in [1.807, 2.05) is 0 Å². The molecule has 0 spiro atoms. The van der Waals surface area contributed by atoms with Gasteiger partial charge in [0.1, 0.15) is 0 Å². The Hall–Kier alpha value is -0.490. The lowest BCUT2D eigenvalue weighted by molar-refractivity contribution is 0.0985. The molecule has 2 saturated heterocycles. The Morgan fingerprint density at radius 3 is 3.22 bits per heavy atom. The summed E-state index contributed by atoms with van der Waals surface area (Å²) in [6.45, 7) is 6.70. The maximum absolute atomic E-state index is 5.56. The van der Waals surface area contributed by atoms with Crippen molar-refractivity contribution in [2.24, 2.45) is 5.73 Å². The number of nitrogens with two attached hydrogens (primary N) is 1. The fourth-order valence-corrected chi connectivity index (χ4v) is 3.89. The first-order chi connectivity index (χ1) is 8.85. The molecule has 4 nitrogen and oxygen atoms in total. The molecule has 1 unspecified atom stereocenters. The van der Waals surface area contributed by atoms with E-state index in [0.29, 0.717) is 6.54 Å². The molecule has 2 fully saturated rings. The van der Waals surface area contributed by atoms with Crippen molar-refractivity contribution >= 4 is 11.3 Å². The maximum atomic E-state index is 5.56. The highest BCUT2D eigenvalue weighted by atomic mass is 32.1. The first-order valence-corrected chi connectivity index (χ1v) is 7.83. The van der Waals surface area contributed by atoms with Gasteiger partial charge in [-0.15, -0.1) is 11.3 Å². The molecular formula is C13H22N4S. The van der Waals surface area contributed by atoms with E-state index in [2.05, 4.69) is 20.2 Å². The van der Waals surface area contributed by atoms with Crippen molar-refractivity contribution in [2.45, 2.75) is 31.8 Å². The second-order valence-electron chi connectivity index (χ2n) is 5.34. The highest BCUT2D eigenvalue weighted by Gasteiger charge is 2.30. The second kappa shape index (κ2) is 5.65. The Kier molecular flexibility index (Phi) is 3.94. The van der Waals surface area contributed by atoms with Gasteiger partial charge in [-0.05, 0) is 25.9 Å². The van der Waals surface area contributed by atoms with Crippen LogP contribution >= 0.6 is 11.3 Å². The summed E-state index contributed by atoms with van der Waals surface area (Å²) >= 11 is 1.75. The molecule has 1 atom stereocenters. The van der Waals surface area contributed by atoms with E-state index < -0.39 is 0 Å². The average Bonchev–Trinajstić information content (AvgIpc) is 2.98. The van der Waals surface area contributed by atoms with Crippen LogP contribution < -0.4 is 5.73 Å². The van der Waals surface area contributed by atoms with Crippen LogP contribution in [-0.2, 0) is 13.0 Å². The zero-order valence-corrected chi connectivity index (χ0v) is 11.7. The minimum absolute atomic E-state index is 0.702. The summed E-state index contributed by atoms with van der Waals surface area (Å²) in [6.07, 6.45) is 3.68. The number of hydrogen-bond donors (Lipinski definition) is 1. The highest BCUT2D eigenvalue weighted by molar-refractivity contribution is 7.09. The maximum Gasteiger partial charge on any atom is 0.0941 e. The SMILES string of the molecule is NCCc1nc(CN2CCN3CCCC3C2)cs1. The number of piperazine rings is 1. The van der Waals surface area contributed by atoms with Gasteiger partial charge in [0.25, 0.3) is 0 Å². The minimum atomic E-state index is 0.702. The zero-order chi connectivity index (χ0) is 12.4. The van der Waals surface area contributed by atoms with Crippen molar-refractivity contribution in [2.75, 3.05) is 32.7 Å². The molecule has 18 heavy (non-hydrogen) atoms. The summed E-state index contributed by atoms with van der Waals surface area (Å²) in [7, 11) is 0. The normalized spacial score (nSPS) is 25.5. The number of thiazole rings is 1. The molecule has 3 rings (SSSR count). The number of nitrogens with zero attached hydrogens (tertiary/aromatic N) is 3. The molecule has 0 radical (unpaired) electrons. The molecule has 5 heteroatoms. The van der Waals surface area contributed by atoms with Crippen LogP contribution in [0, 0.1) is 0 Å². The van der Waals surface area contributed by atoms with Crippen molar-refractivity contribution in [1.29, 1.82) is 0 Å². The molecule has 0 amide bonds. The predicted molar refractivity (Wildman–Crippen MR) is 74.7 cm³/mol. The van der Waals surface area contributed by atoms with Crippen LogP contribution in [0.25, 0.3) is 0 Å². The topological polar surface area (TPSA) is 45.4 Å². The summed E-state index contributed by atoms with van der Waals surface area (Å²) in [6, 6.07) is 0.806. The van der Waals surface area contributed by atoms with E-state index in [9.17, 15) is 0 Å². The lowest BCUT2D eigenvalue weighted by Crippen LogP contribution is -2.49. The summed E-state index contributed by atoms with van der Waals surface area (Å²) in [5.41, 5.74) is 6.79. The molecule has 100 valence electrons. The third kappa shape index (κ3) is 2.74. The fourth-order valence-electron chi connectivity index (χ4n) is 3.09. The van der Waals surface area contributed by atoms with Gasteiger partial charge in [0.05, 0.1) is 10.7 Å². The predicted octanol–water partition coefficient (Wildman–Crippen LogP) is 0.924. The van der Waals surface area contributed by atoms with Gasteiger partial charge < -0.3 is 5.73 Å². The third-order valence-electron chi connectivity index (χ3n) is 4.01. The molecule has 0 bridgehead atoms. The smallest absolute Gasteiger partial charge is 0.0941 e. The minimum Gasteiger partial charge on any atom is -0.330 e. The summed E-state index contributed by atoms with van der Waals surface area (Å²) in [4.78, 5) is 9.88. The Morgan fingerprint density at radius 1 is 1.39 bits per heavy atom. The van der Waals surface area contributed by atoms with Crippen LogP contribution in [-0.4, -0.2) is 53.5 Å². The number of fused-ring (bicyclic) bond motifs is 1. The van der Waals surface area contributed by atoms with Crippen LogP contribution in [0.5, 0.6) is 0 Å². The summed E-state index contributed by atoms with van der Waals surface area (Å²) in [5.74, 6) is 0. The Morgan fingerprint density at radius 2 is 2.33 bits per heavy atom. The third-order valence-corrected chi connectivity index (χ3v) is 4.97. The Balaban J connectivity index is 1.55. The van der Waals surface area contributed by atoms with Gasteiger partial charge in [0, 0.05) is 44.0 Å². The largest absolute Gasteiger partial charge is 0.330 e. The van der Waals surface area contributed by atoms with E-state index >= 15 is 0 Å². The highest BCUT2D eigenvalue weighted by Crippen LogP contribution is 2.22. The van der Waals surface area contributed by atoms with E-state index in [1.54, 1.807) is 11.3 Å². The van der Waals surface area contributed by atoms with Crippen molar-refractivity contribution in [1.82, 2.24) is 14.8 Å². The van der Waals surface area contributed by atoms with Crippen LogP contribution in [0.3, 0.4) is 0 Å². The zero-order valence-electron chi connectivity index (χ0n) is 10.8. The van der Waals surface area contributed by atoms with Gasteiger partial charge in [-0.3, -0.25) is 9.80 Å². The van der Waals surface area contributed by atoms with E-state index in [0.717, 1.165) is 19.0 Å². The number of aromatic nitrogens is 1. The van der Waals surface area contributed by atoms with Crippen LogP contribution in [0.15, 0.2) is 5.38 Å². The van der Waals surface area contributed by atoms with Crippen LogP contribution in [0.1, 0.15) is 23.5 Å². The van der Waals surface area contributed by atoms with Crippen molar-refractivity contribution in [3.63, 3.8) is 0 Å². The van der Waals surface area contributed by atoms with Gasteiger partial charge in [-0.25, -0.2) is 4.98 Å². The molecule has 2 aliphatic heterocycles. The average molecular weight is 266 g/mol. The molecule has 0 aromatic carbocycles. The monoisotopic (exact) mass is 266 g/mol. The Labute approximate surface area is 113 Å².